The predicted octanol–water partition coefficient (Wildman–Crippen LogP) is 2.55. The fourth-order valence-electron chi connectivity index (χ4n) is 2.27. The number of carbonyl (C=O) groups excluding carboxylic acids is 1. The first-order valence-electron chi connectivity index (χ1n) is 6.41. The summed E-state index contributed by atoms with van der Waals surface area (Å²) in [5.41, 5.74) is 0.696. The highest BCUT2D eigenvalue weighted by molar-refractivity contribution is 6.30. The van der Waals surface area contributed by atoms with Crippen LogP contribution in [0.1, 0.15) is 29.6 Å². The second kappa shape index (κ2) is 6.21. The van der Waals surface area contributed by atoms with Gasteiger partial charge in [0.1, 0.15) is 0 Å². The standard InChI is InChI=1S/C14H19ClN2O/c1-17(10-8-13-3-2-9-16-13)14(18)11-4-6-12(15)7-5-11/h4-7,13,16H,2-3,8-10H2,1H3. The summed E-state index contributed by atoms with van der Waals surface area (Å²) in [5, 5.41) is 4.10. The molecule has 3 nitrogen and oxygen atoms in total. The number of benzene rings is 1. The molecule has 1 unspecified atom stereocenters. The van der Waals surface area contributed by atoms with Gasteiger partial charge in [-0.3, -0.25) is 4.79 Å². The summed E-state index contributed by atoms with van der Waals surface area (Å²) in [5.74, 6) is 0.0599. The van der Waals surface area contributed by atoms with Crippen LogP contribution in [0, 0.1) is 0 Å². The third kappa shape index (κ3) is 3.47. The Balaban J connectivity index is 1.85. The zero-order chi connectivity index (χ0) is 13.0. The van der Waals surface area contributed by atoms with Crippen molar-refractivity contribution in [3.05, 3.63) is 34.9 Å². The lowest BCUT2D eigenvalue weighted by atomic mass is 10.1. The molecule has 4 heteroatoms. The normalized spacial score (nSPS) is 18.9. The molecule has 1 aromatic carbocycles. The molecule has 0 aliphatic carbocycles. The van der Waals surface area contributed by atoms with Gasteiger partial charge in [0.25, 0.3) is 5.91 Å². The molecule has 0 bridgehead atoms. The molecule has 0 radical (unpaired) electrons. The molecular weight excluding hydrogens is 248 g/mol. The highest BCUT2D eigenvalue weighted by Gasteiger charge is 2.16. The summed E-state index contributed by atoms with van der Waals surface area (Å²) in [7, 11) is 1.85. The Kier molecular flexibility index (Phi) is 4.61. The molecule has 1 aliphatic heterocycles. The first kappa shape index (κ1) is 13.4. The van der Waals surface area contributed by atoms with Gasteiger partial charge in [-0.1, -0.05) is 11.6 Å². The minimum Gasteiger partial charge on any atom is -0.342 e. The number of hydrogen-bond acceptors (Lipinski definition) is 2. The minimum absolute atomic E-state index is 0.0599. The Morgan fingerprint density at radius 3 is 2.78 bits per heavy atom. The van der Waals surface area contributed by atoms with Crippen molar-refractivity contribution in [2.45, 2.75) is 25.3 Å². The maximum absolute atomic E-state index is 12.1. The van der Waals surface area contributed by atoms with Crippen molar-refractivity contribution in [1.29, 1.82) is 0 Å². The van der Waals surface area contributed by atoms with Gasteiger partial charge in [-0.15, -0.1) is 0 Å². The van der Waals surface area contributed by atoms with E-state index in [1.165, 1.54) is 12.8 Å². The van der Waals surface area contributed by atoms with E-state index in [-0.39, 0.29) is 5.91 Å². The number of hydrogen-bond donors (Lipinski definition) is 1. The molecule has 98 valence electrons. The Bertz CT molecular complexity index is 399. The van der Waals surface area contributed by atoms with E-state index in [2.05, 4.69) is 5.32 Å². The molecule has 1 saturated heterocycles. The quantitative estimate of drug-likeness (QED) is 0.908. The Morgan fingerprint density at radius 1 is 1.44 bits per heavy atom. The van der Waals surface area contributed by atoms with Crippen molar-refractivity contribution in [3.8, 4) is 0 Å². The molecular formula is C14H19ClN2O. The Morgan fingerprint density at radius 2 is 2.17 bits per heavy atom. The lowest BCUT2D eigenvalue weighted by Crippen LogP contribution is -2.32. The fraction of sp³-hybridized carbons (Fsp3) is 0.500. The van der Waals surface area contributed by atoms with Crippen LogP contribution in [0.2, 0.25) is 5.02 Å². The summed E-state index contributed by atoms with van der Waals surface area (Å²) in [6.45, 7) is 1.90. The van der Waals surface area contributed by atoms with Crippen molar-refractivity contribution in [2.24, 2.45) is 0 Å². The summed E-state index contributed by atoms with van der Waals surface area (Å²) < 4.78 is 0. The van der Waals surface area contributed by atoms with E-state index in [9.17, 15) is 4.79 Å². The molecule has 0 saturated carbocycles. The van der Waals surface area contributed by atoms with E-state index in [0.29, 0.717) is 16.6 Å². The van der Waals surface area contributed by atoms with Crippen LogP contribution in [0.15, 0.2) is 24.3 Å². The second-order valence-corrected chi connectivity index (χ2v) is 5.25. The van der Waals surface area contributed by atoms with E-state index < -0.39 is 0 Å². The van der Waals surface area contributed by atoms with Crippen LogP contribution in [0.25, 0.3) is 0 Å². The number of carbonyl (C=O) groups is 1. The number of halogens is 1. The summed E-state index contributed by atoms with van der Waals surface area (Å²) >= 11 is 5.81. The van der Waals surface area contributed by atoms with Gasteiger partial charge in [-0.2, -0.15) is 0 Å². The van der Waals surface area contributed by atoms with Crippen molar-refractivity contribution >= 4 is 17.5 Å². The van der Waals surface area contributed by atoms with Gasteiger partial charge in [0.15, 0.2) is 0 Å². The predicted molar refractivity (Wildman–Crippen MR) is 74.1 cm³/mol. The van der Waals surface area contributed by atoms with Crippen LogP contribution >= 0.6 is 11.6 Å². The first-order valence-corrected chi connectivity index (χ1v) is 6.79. The first-order chi connectivity index (χ1) is 8.66. The van der Waals surface area contributed by atoms with E-state index >= 15 is 0 Å². The zero-order valence-electron chi connectivity index (χ0n) is 10.7. The maximum atomic E-state index is 12.1. The monoisotopic (exact) mass is 266 g/mol. The van der Waals surface area contributed by atoms with Crippen LogP contribution in [0.4, 0.5) is 0 Å². The maximum Gasteiger partial charge on any atom is 0.253 e. The van der Waals surface area contributed by atoms with Gasteiger partial charge in [0.05, 0.1) is 0 Å². The minimum atomic E-state index is 0.0599. The van der Waals surface area contributed by atoms with E-state index in [0.717, 1.165) is 19.5 Å². The average molecular weight is 267 g/mol. The van der Waals surface area contributed by atoms with Gasteiger partial charge in [0.2, 0.25) is 0 Å². The molecule has 1 fully saturated rings. The molecule has 1 amide bonds. The smallest absolute Gasteiger partial charge is 0.253 e. The molecule has 0 spiro atoms. The molecule has 1 aliphatic rings. The SMILES string of the molecule is CN(CCC1CCCN1)C(=O)c1ccc(Cl)cc1. The molecule has 1 N–H and O–H groups in total. The molecule has 18 heavy (non-hydrogen) atoms. The lowest BCUT2D eigenvalue weighted by molar-refractivity contribution is 0.0790. The molecule has 2 rings (SSSR count). The second-order valence-electron chi connectivity index (χ2n) is 4.82. The van der Waals surface area contributed by atoms with Crippen molar-refractivity contribution in [1.82, 2.24) is 10.2 Å². The van der Waals surface area contributed by atoms with Gasteiger partial charge >= 0.3 is 0 Å². The number of rotatable bonds is 4. The van der Waals surface area contributed by atoms with Gasteiger partial charge in [0, 0.05) is 30.2 Å². The lowest BCUT2D eigenvalue weighted by Gasteiger charge is -2.19. The largest absolute Gasteiger partial charge is 0.342 e. The molecule has 1 atom stereocenters. The van der Waals surface area contributed by atoms with Crippen LogP contribution < -0.4 is 5.32 Å². The molecule has 1 heterocycles. The molecule has 0 aromatic heterocycles. The van der Waals surface area contributed by atoms with Gasteiger partial charge in [-0.25, -0.2) is 0 Å². The zero-order valence-corrected chi connectivity index (χ0v) is 11.4. The van der Waals surface area contributed by atoms with E-state index in [1.54, 1.807) is 29.2 Å². The van der Waals surface area contributed by atoms with Gasteiger partial charge < -0.3 is 10.2 Å². The summed E-state index contributed by atoms with van der Waals surface area (Å²) in [6.07, 6.45) is 3.50. The number of nitrogens with one attached hydrogen (secondary N) is 1. The van der Waals surface area contributed by atoms with E-state index in [1.807, 2.05) is 7.05 Å². The fourth-order valence-corrected chi connectivity index (χ4v) is 2.39. The van der Waals surface area contributed by atoms with Crippen molar-refractivity contribution < 1.29 is 4.79 Å². The highest BCUT2D eigenvalue weighted by atomic mass is 35.5. The summed E-state index contributed by atoms with van der Waals surface area (Å²) in [4.78, 5) is 13.9. The van der Waals surface area contributed by atoms with Crippen molar-refractivity contribution in [2.75, 3.05) is 20.1 Å². The molecule has 1 aromatic rings. The van der Waals surface area contributed by atoms with Crippen LogP contribution in [0.3, 0.4) is 0 Å². The van der Waals surface area contributed by atoms with Crippen LogP contribution in [-0.2, 0) is 0 Å². The Hall–Kier alpha value is -1.06. The average Bonchev–Trinajstić information content (AvgIpc) is 2.89. The highest BCUT2D eigenvalue weighted by Crippen LogP contribution is 2.13. The third-order valence-corrected chi connectivity index (χ3v) is 3.67. The summed E-state index contributed by atoms with van der Waals surface area (Å²) in [6, 6.07) is 7.62. The number of nitrogens with zero attached hydrogens (tertiary/aromatic N) is 1. The number of amides is 1. The topological polar surface area (TPSA) is 32.3 Å². The van der Waals surface area contributed by atoms with E-state index in [4.69, 9.17) is 11.6 Å². The van der Waals surface area contributed by atoms with Crippen LogP contribution in [0.5, 0.6) is 0 Å². The van der Waals surface area contributed by atoms with Gasteiger partial charge in [-0.05, 0) is 50.1 Å². The Labute approximate surface area is 113 Å². The third-order valence-electron chi connectivity index (χ3n) is 3.41. The van der Waals surface area contributed by atoms with Crippen LogP contribution in [-0.4, -0.2) is 37.0 Å². The van der Waals surface area contributed by atoms with Crippen molar-refractivity contribution in [3.63, 3.8) is 0 Å².